The van der Waals surface area contributed by atoms with Crippen molar-refractivity contribution in [2.45, 2.75) is 45.1 Å². The molecule has 6 nitrogen and oxygen atoms in total. The van der Waals surface area contributed by atoms with Crippen molar-refractivity contribution in [3.05, 3.63) is 35.9 Å². The zero-order valence-electron chi connectivity index (χ0n) is 14.4. The Kier molecular flexibility index (Phi) is 6.34. The minimum atomic E-state index is -1.09. The summed E-state index contributed by atoms with van der Waals surface area (Å²) in [6.07, 6.45) is -1.02. The zero-order chi connectivity index (χ0) is 17.7. The summed E-state index contributed by atoms with van der Waals surface area (Å²) < 4.78 is 4.92. The van der Waals surface area contributed by atoms with Gasteiger partial charge < -0.3 is 20.1 Å². The number of hydrogen-bond acceptors (Lipinski definition) is 4. The number of hydrogen-bond donors (Lipinski definition) is 2. The van der Waals surface area contributed by atoms with E-state index in [1.165, 1.54) is 5.56 Å². The van der Waals surface area contributed by atoms with E-state index < -0.39 is 18.2 Å². The monoisotopic (exact) mass is 334 g/mol. The first-order valence-electron chi connectivity index (χ1n) is 8.28. The van der Waals surface area contributed by atoms with E-state index in [4.69, 9.17) is 9.84 Å². The number of carboxylic acid groups (broad SMARTS) is 1. The van der Waals surface area contributed by atoms with Crippen molar-refractivity contribution in [3.8, 4) is 0 Å². The Morgan fingerprint density at radius 1 is 1.25 bits per heavy atom. The maximum absolute atomic E-state index is 12.1. The number of nitrogens with zero attached hydrogens (tertiary/aromatic N) is 1. The van der Waals surface area contributed by atoms with Gasteiger partial charge in [-0.05, 0) is 24.9 Å². The number of ether oxygens (including phenoxy) is 1. The van der Waals surface area contributed by atoms with Crippen LogP contribution in [-0.4, -0.2) is 53.7 Å². The van der Waals surface area contributed by atoms with E-state index in [1.54, 1.807) is 0 Å². The molecule has 1 heterocycles. The zero-order valence-corrected chi connectivity index (χ0v) is 14.4. The minimum absolute atomic E-state index is 0.0372. The highest BCUT2D eigenvalue weighted by Crippen LogP contribution is 2.22. The molecular formula is C18H26N2O4. The highest BCUT2D eigenvalue weighted by Gasteiger charge is 2.51. The van der Waals surface area contributed by atoms with E-state index in [9.17, 15) is 9.59 Å². The summed E-state index contributed by atoms with van der Waals surface area (Å²) in [5.74, 6) is -0.992. The second-order valence-corrected chi connectivity index (χ2v) is 6.83. The molecule has 0 aliphatic carbocycles. The molecule has 1 aliphatic heterocycles. The average molecular weight is 334 g/mol. The summed E-state index contributed by atoms with van der Waals surface area (Å²) in [6, 6.07) is 10.1. The summed E-state index contributed by atoms with van der Waals surface area (Å²) in [7, 11) is 2.01. The normalized spacial score (nSPS) is 20.9. The van der Waals surface area contributed by atoms with Gasteiger partial charge in [-0.3, -0.25) is 4.79 Å². The molecule has 0 aromatic heterocycles. The van der Waals surface area contributed by atoms with E-state index in [2.05, 4.69) is 36.2 Å². The Hall–Kier alpha value is -1.92. The van der Waals surface area contributed by atoms with E-state index in [0.717, 1.165) is 13.0 Å². The molecule has 3 atom stereocenters. The molecule has 1 saturated heterocycles. The lowest BCUT2D eigenvalue weighted by molar-refractivity contribution is -0.138. The number of rotatable bonds is 9. The second-order valence-electron chi connectivity index (χ2n) is 6.83. The molecule has 0 saturated carbocycles. The molecule has 2 N–H and O–H groups in total. The summed E-state index contributed by atoms with van der Waals surface area (Å²) in [5, 5.41) is 11.8. The molecular weight excluding hydrogens is 308 g/mol. The van der Waals surface area contributed by atoms with Gasteiger partial charge in [0.05, 0.1) is 0 Å². The molecule has 132 valence electrons. The van der Waals surface area contributed by atoms with Gasteiger partial charge in [0.25, 0.3) is 5.91 Å². The van der Waals surface area contributed by atoms with Gasteiger partial charge in [-0.1, -0.05) is 44.2 Å². The van der Waals surface area contributed by atoms with E-state index >= 15 is 0 Å². The number of carbonyl (C=O) groups excluding carboxylic acids is 1. The predicted octanol–water partition coefficient (Wildman–Crippen LogP) is 1.50. The number of benzene rings is 1. The minimum Gasteiger partial charge on any atom is -0.479 e. The predicted molar refractivity (Wildman–Crippen MR) is 90.5 cm³/mol. The molecule has 0 bridgehead atoms. The van der Waals surface area contributed by atoms with E-state index in [-0.39, 0.29) is 11.9 Å². The van der Waals surface area contributed by atoms with Crippen molar-refractivity contribution >= 4 is 11.9 Å². The summed E-state index contributed by atoms with van der Waals surface area (Å²) >= 11 is 0. The van der Waals surface area contributed by atoms with Gasteiger partial charge in [0.1, 0.15) is 0 Å². The van der Waals surface area contributed by atoms with Crippen LogP contribution in [0.4, 0.5) is 0 Å². The van der Waals surface area contributed by atoms with Crippen LogP contribution in [0.25, 0.3) is 0 Å². The van der Waals surface area contributed by atoms with Gasteiger partial charge in [0, 0.05) is 19.1 Å². The standard InChI is InChI=1S/C18H26N2O4/c1-12(2)9-14(19-17(21)15-16(24-15)18(22)23)11-20(3)10-13-7-5-4-6-8-13/h4-8,12,14-16H,9-11H2,1-3H3,(H,19,21)(H,22,23)/t14?,15-,16-/m0/s1. The number of amides is 1. The largest absolute Gasteiger partial charge is 0.479 e. The molecule has 1 unspecified atom stereocenters. The Balaban J connectivity index is 1.88. The van der Waals surface area contributed by atoms with Crippen LogP contribution in [0.2, 0.25) is 0 Å². The first-order valence-corrected chi connectivity index (χ1v) is 8.28. The molecule has 6 heteroatoms. The topological polar surface area (TPSA) is 82.2 Å². The molecule has 1 fully saturated rings. The highest BCUT2D eigenvalue weighted by molar-refractivity contribution is 5.92. The van der Waals surface area contributed by atoms with Crippen molar-refractivity contribution in [1.82, 2.24) is 10.2 Å². The number of epoxide rings is 1. The summed E-state index contributed by atoms with van der Waals surface area (Å²) in [5.41, 5.74) is 1.21. The summed E-state index contributed by atoms with van der Waals surface area (Å²) in [6.45, 7) is 5.69. The average Bonchev–Trinajstić information content (AvgIpc) is 3.28. The first kappa shape index (κ1) is 18.4. The summed E-state index contributed by atoms with van der Waals surface area (Å²) in [4.78, 5) is 25.1. The van der Waals surface area contributed by atoms with Crippen LogP contribution in [0.5, 0.6) is 0 Å². The van der Waals surface area contributed by atoms with Crippen LogP contribution in [0.15, 0.2) is 30.3 Å². The Morgan fingerprint density at radius 3 is 2.46 bits per heavy atom. The Bertz CT molecular complexity index is 561. The van der Waals surface area contributed by atoms with E-state index in [1.807, 2.05) is 25.2 Å². The third-order valence-electron chi connectivity index (χ3n) is 3.92. The fourth-order valence-electron chi connectivity index (χ4n) is 2.87. The lowest BCUT2D eigenvalue weighted by atomic mass is 10.0. The molecule has 1 aliphatic rings. The van der Waals surface area contributed by atoms with Gasteiger partial charge in [0.15, 0.2) is 12.2 Å². The van der Waals surface area contributed by atoms with Crippen molar-refractivity contribution in [2.75, 3.05) is 13.6 Å². The molecule has 1 aromatic carbocycles. The lowest BCUT2D eigenvalue weighted by Gasteiger charge is -2.26. The third kappa shape index (κ3) is 5.62. The molecule has 0 radical (unpaired) electrons. The van der Waals surface area contributed by atoms with Gasteiger partial charge in [-0.15, -0.1) is 0 Å². The number of aliphatic carboxylic acids is 1. The van der Waals surface area contributed by atoms with Crippen LogP contribution >= 0.6 is 0 Å². The van der Waals surface area contributed by atoms with E-state index in [0.29, 0.717) is 12.5 Å². The van der Waals surface area contributed by atoms with Crippen LogP contribution in [0.3, 0.4) is 0 Å². The van der Waals surface area contributed by atoms with Gasteiger partial charge in [-0.25, -0.2) is 4.79 Å². The SMILES string of the molecule is CC(C)CC(CN(C)Cc1ccccc1)NC(=O)[C@H]1O[C@@H]1C(=O)O. The number of likely N-dealkylation sites (N-methyl/N-ethyl adjacent to an activating group) is 1. The van der Waals surface area contributed by atoms with Crippen molar-refractivity contribution < 1.29 is 19.4 Å². The van der Waals surface area contributed by atoms with Crippen molar-refractivity contribution in [3.63, 3.8) is 0 Å². The number of carbonyl (C=O) groups is 2. The maximum atomic E-state index is 12.1. The van der Waals surface area contributed by atoms with Crippen LogP contribution in [0, 0.1) is 5.92 Å². The molecule has 2 rings (SSSR count). The molecule has 24 heavy (non-hydrogen) atoms. The molecule has 1 aromatic rings. The lowest BCUT2D eigenvalue weighted by Crippen LogP contribution is -2.45. The first-order chi connectivity index (χ1) is 11.4. The Labute approximate surface area is 142 Å². The second kappa shape index (κ2) is 8.26. The smallest absolute Gasteiger partial charge is 0.336 e. The fraction of sp³-hybridized carbons (Fsp3) is 0.556. The number of nitrogens with one attached hydrogen (secondary N) is 1. The van der Waals surface area contributed by atoms with Crippen LogP contribution in [0.1, 0.15) is 25.8 Å². The van der Waals surface area contributed by atoms with Gasteiger partial charge >= 0.3 is 5.97 Å². The molecule has 0 spiro atoms. The third-order valence-corrected chi connectivity index (χ3v) is 3.92. The van der Waals surface area contributed by atoms with Crippen molar-refractivity contribution in [1.29, 1.82) is 0 Å². The number of carboxylic acids is 1. The van der Waals surface area contributed by atoms with Gasteiger partial charge in [-0.2, -0.15) is 0 Å². The Morgan fingerprint density at radius 2 is 1.92 bits per heavy atom. The van der Waals surface area contributed by atoms with Gasteiger partial charge in [0.2, 0.25) is 0 Å². The van der Waals surface area contributed by atoms with Crippen LogP contribution in [-0.2, 0) is 20.9 Å². The van der Waals surface area contributed by atoms with Crippen molar-refractivity contribution in [2.24, 2.45) is 5.92 Å². The molecule has 1 amide bonds. The fourth-order valence-corrected chi connectivity index (χ4v) is 2.87. The quantitative estimate of drug-likeness (QED) is 0.669. The van der Waals surface area contributed by atoms with Crippen LogP contribution < -0.4 is 5.32 Å². The highest BCUT2D eigenvalue weighted by atomic mass is 16.6. The maximum Gasteiger partial charge on any atom is 0.336 e.